The molecule has 1 aromatic heterocycles. The summed E-state index contributed by atoms with van der Waals surface area (Å²) in [5.74, 6) is -0.257. The normalized spacial score (nSPS) is 12.1. The van der Waals surface area contributed by atoms with Gasteiger partial charge in [0.25, 0.3) is 0 Å². The summed E-state index contributed by atoms with van der Waals surface area (Å²) in [6, 6.07) is 26.4. The first kappa shape index (κ1) is 18.1. The van der Waals surface area contributed by atoms with E-state index in [9.17, 15) is 4.79 Å². The molecule has 1 atom stereocenters. The Bertz CT molecular complexity index is 993. The average Bonchev–Trinajstić information content (AvgIpc) is 3.27. The first-order valence-corrected chi connectivity index (χ1v) is 9.35. The van der Waals surface area contributed by atoms with Crippen LogP contribution in [-0.2, 0) is 0 Å². The lowest BCUT2D eigenvalue weighted by atomic mass is 9.81. The van der Waals surface area contributed by atoms with Gasteiger partial charge in [-0.15, -0.1) is 0 Å². The molecule has 4 aromatic rings. The van der Waals surface area contributed by atoms with Crippen LogP contribution < -0.4 is 0 Å². The summed E-state index contributed by atoms with van der Waals surface area (Å²) in [4.78, 5) is 17.7. The van der Waals surface area contributed by atoms with Gasteiger partial charge in [-0.1, -0.05) is 72.3 Å². The predicted octanol–water partition coefficient (Wildman–Crippen LogP) is 5.19. The molecule has 0 amide bonds. The third-order valence-electron chi connectivity index (χ3n) is 4.75. The zero-order valence-electron chi connectivity index (χ0n) is 15.0. The Hall–Kier alpha value is -3.24. The molecule has 0 spiro atoms. The molecule has 4 rings (SSSR count). The minimum absolute atomic E-state index is 0.0418. The molecule has 0 saturated carbocycles. The van der Waals surface area contributed by atoms with Gasteiger partial charge in [-0.05, 0) is 35.4 Å². The lowest BCUT2D eigenvalue weighted by molar-refractivity contribution is 0.0905. The van der Waals surface area contributed by atoms with E-state index in [-0.39, 0.29) is 11.7 Å². The maximum Gasteiger partial charge on any atom is 0.188 e. The topological polar surface area (TPSA) is 47.8 Å². The van der Waals surface area contributed by atoms with Gasteiger partial charge in [-0.3, -0.25) is 4.79 Å². The van der Waals surface area contributed by atoms with Crippen LogP contribution in [0.2, 0.25) is 5.02 Å². The molecule has 4 nitrogen and oxygen atoms in total. The second-order valence-electron chi connectivity index (χ2n) is 6.49. The van der Waals surface area contributed by atoms with Crippen molar-refractivity contribution in [3.8, 4) is 0 Å². The molecule has 0 fully saturated rings. The van der Waals surface area contributed by atoms with E-state index >= 15 is 0 Å². The minimum Gasteiger partial charge on any atom is -0.292 e. The number of benzene rings is 3. The van der Waals surface area contributed by atoms with Crippen LogP contribution in [0.1, 0.15) is 33.4 Å². The molecule has 1 heterocycles. The number of halogens is 1. The maximum absolute atomic E-state index is 13.6. The molecule has 0 bridgehead atoms. The number of ketones is 1. The molecule has 3 aromatic carbocycles. The van der Waals surface area contributed by atoms with Crippen molar-refractivity contribution in [3.05, 3.63) is 119 Å². The highest BCUT2D eigenvalue weighted by Gasteiger charge is 2.33. The molecule has 5 heteroatoms. The predicted molar refractivity (Wildman–Crippen MR) is 110 cm³/mol. The van der Waals surface area contributed by atoms with E-state index in [2.05, 4.69) is 10.1 Å². The van der Waals surface area contributed by atoms with Crippen LogP contribution in [0.4, 0.5) is 0 Å². The van der Waals surface area contributed by atoms with E-state index in [4.69, 9.17) is 11.6 Å². The van der Waals surface area contributed by atoms with Gasteiger partial charge in [0.05, 0.1) is 0 Å². The highest BCUT2D eigenvalue weighted by atomic mass is 35.5. The molecule has 0 aliphatic heterocycles. The van der Waals surface area contributed by atoms with Gasteiger partial charge in [-0.25, -0.2) is 9.67 Å². The standard InChI is InChI=1S/C23H18ClN3O/c24-20-13-11-19(12-14-20)23(28)22(27-16-25-15-26-27)21(17-7-3-1-4-8-17)18-9-5-2-6-10-18/h1-16,21-22H. The number of hydrogen-bond acceptors (Lipinski definition) is 3. The summed E-state index contributed by atoms with van der Waals surface area (Å²) in [7, 11) is 0. The molecular weight excluding hydrogens is 370 g/mol. The highest BCUT2D eigenvalue weighted by molar-refractivity contribution is 6.30. The molecule has 1 unspecified atom stereocenters. The fourth-order valence-corrected chi connectivity index (χ4v) is 3.57. The number of aromatic nitrogens is 3. The molecule has 0 N–H and O–H groups in total. The zero-order chi connectivity index (χ0) is 19.3. The average molecular weight is 388 g/mol. The lowest BCUT2D eigenvalue weighted by Gasteiger charge is -2.27. The van der Waals surface area contributed by atoms with Crippen LogP contribution in [0.15, 0.2) is 97.6 Å². The van der Waals surface area contributed by atoms with E-state index in [0.717, 1.165) is 11.1 Å². The molecule has 0 aliphatic rings. The van der Waals surface area contributed by atoms with Crippen molar-refractivity contribution in [1.29, 1.82) is 0 Å². The van der Waals surface area contributed by atoms with E-state index < -0.39 is 6.04 Å². The van der Waals surface area contributed by atoms with E-state index in [1.165, 1.54) is 6.33 Å². The van der Waals surface area contributed by atoms with Crippen molar-refractivity contribution in [2.75, 3.05) is 0 Å². The van der Waals surface area contributed by atoms with E-state index in [1.807, 2.05) is 60.7 Å². The number of nitrogens with zero attached hydrogens (tertiary/aromatic N) is 3. The van der Waals surface area contributed by atoms with Crippen LogP contribution >= 0.6 is 11.6 Å². The second-order valence-corrected chi connectivity index (χ2v) is 6.93. The second kappa shape index (κ2) is 8.19. The maximum atomic E-state index is 13.6. The fraction of sp³-hybridized carbons (Fsp3) is 0.0870. The molecule has 0 radical (unpaired) electrons. The van der Waals surface area contributed by atoms with Crippen molar-refractivity contribution in [2.45, 2.75) is 12.0 Å². The van der Waals surface area contributed by atoms with Crippen LogP contribution in [0.25, 0.3) is 0 Å². The molecule has 0 saturated heterocycles. The van der Waals surface area contributed by atoms with Crippen molar-refractivity contribution < 1.29 is 4.79 Å². The summed E-state index contributed by atoms with van der Waals surface area (Å²) < 4.78 is 1.64. The van der Waals surface area contributed by atoms with Crippen LogP contribution in [-0.4, -0.2) is 20.5 Å². The van der Waals surface area contributed by atoms with Gasteiger partial charge in [0, 0.05) is 16.5 Å². The summed E-state index contributed by atoms with van der Waals surface area (Å²) in [5, 5.41) is 4.91. The summed E-state index contributed by atoms with van der Waals surface area (Å²) >= 11 is 6.01. The van der Waals surface area contributed by atoms with Crippen LogP contribution in [0, 0.1) is 0 Å². The van der Waals surface area contributed by atoms with Gasteiger partial charge in [0.1, 0.15) is 18.7 Å². The van der Waals surface area contributed by atoms with Crippen molar-refractivity contribution in [2.24, 2.45) is 0 Å². The number of hydrogen-bond donors (Lipinski definition) is 0. The molecule has 0 aliphatic carbocycles. The molecular formula is C23H18ClN3O. The summed E-state index contributed by atoms with van der Waals surface area (Å²) in [5.41, 5.74) is 2.66. The highest BCUT2D eigenvalue weighted by Crippen LogP contribution is 2.37. The smallest absolute Gasteiger partial charge is 0.188 e. The third-order valence-corrected chi connectivity index (χ3v) is 5.00. The monoisotopic (exact) mass is 387 g/mol. The SMILES string of the molecule is O=C(c1ccc(Cl)cc1)C(C(c1ccccc1)c1ccccc1)n1cncn1. The summed E-state index contributed by atoms with van der Waals surface area (Å²) in [6.45, 7) is 0. The quantitative estimate of drug-likeness (QED) is 0.428. The van der Waals surface area contributed by atoms with Gasteiger partial charge in [0.2, 0.25) is 0 Å². The minimum atomic E-state index is -0.575. The van der Waals surface area contributed by atoms with Gasteiger partial charge >= 0.3 is 0 Å². The van der Waals surface area contributed by atoms with Crippen molar-refractivity contribution in [3.63, 3.8) is 0 Å². The van der Waals surface area contributed by atoms with E-state index in [1.54, 1.807) is 35.3 Å². The van der Waals surface area contributed by atoms with Crippen molar-refractivity contribution in [1.82, 2.24) is 14.8 Å². The Morgan fingerprint density at radius 2 is 1.39 bits per heavy atom. The van der Waals surface area contributed by atoms with Crippen molar-refractivity contribution >= 4 is 17.4 Å². The molecule has 28 heavy (non-hydrogen) atoms. The first-order chi connectivity index (χ1) is 13.7. The van der Waals surface area contributed by atoms with Crippen LogP contribution in [0.5, 0.6) is 0 Å². The number of rotatable bonds is 6. The van der Waals surface area contributed by atoms with E-state index in [0.29, 0.717) is 10.6 Å². The number of Topliss-reactive ketones (excluding diaryl/α,β-unsaturated/α-hetero) is 1. The lowest BCUT2D eigenvalue weighted by Crippen LogP contribution is -2.28. The summed E-state index contributed by atoms with van der Waals surface area (Å²) in [6.07, 6.45) is 3.05. The first-order valence-electron chi connectivity index (χ1n) is 8.98. The Labute approximate surface area is 168 Å². The zero-order valence-corrected chi connectivity index (χ0v) is 15.8. The Kier molecular flexibility index (Phi) is 5.31. The number of carbonyl (C=O) groups excluding carboxylic acids is 1. The van der Waals surface area contributed by atoms with Gasteiger partial charge in [0.15, 0.2) is 5.78 Å². The Morgan fingerprint density at radius 3 is 1.89 bits per heavy atom. The third kappa shape index (κ3) is 3.73. The van der Waals surface area contributed by atoms with Gasteiger partial charge in [-0.2, -0.15) is 5.10 Å². The molecule has 138 valence electrons. The number of carbonyl (C=O) groups is 1. The Balaban J connectivity index is 1.87. The largest absolute Gasteiger partial charge is 0.292 e. The van der Waals surface area contributed by atoms with Gasteiger partial charge < -0.3 is 0 Å². The van der Waals surface area contributed by atoms with Crippen LogP contribution in [0.3, 0.4) is 0 Å². The Morgan fingerprint density at radius 1 is 0.821 bits per heavy atom. The fourth-order valence-electron chi connectivity index (χ4n) is 3.45.